The lowest BCUT2D eigenvalue weighted by atomic mass is 10.1. The molecule has 120 valence electrons. The van der Waals surface area contributed by atoms with Gasteiger partial charge in [0.1, 0.15) is 5.69 Å². The van der Waals surface area contributed by atoms with Gasteiger partial charge in [-0.15, -0.1) is 5.10 Å². The summed E-state index contributed by atoms with van der Waals surface area (Å²) >= 11 is 0. The van der Waals surface area contributed by atoms with E-state index < -0.39 is 0 Å². The Bertz CT molecular complexity index is 1170. The molecule has 3 aromatic heterocycles. The molecule has 0 fully saturated rings. The Morgan fingerprint density at radius 1 is 1.04 bits per heavy atom. The number of fused-ring (bicyclic) bond motifs is 2. The van der Waals surface area contributed by atoms with Gasteiger partial charge in [0.2, 0.25) is 5.95 Å². The van der Waals surface area contributed by atoms with Gasteiger partial charge in [0.05, 0.1) is 11.7 Å². The second kappa shape index (κ2) is 5.41. The lowest BCUT2D eigenvalue weighted by molar-refractivity contribution is 0.952. The smallest absolute Gasteiger partial charge is 0.247 e. The highest BCUT2D eigenvalue weighted by molar-refractivity contribution is 5.82. The number of aromatic nitrogens is 6. The van der Waals surface area contributed by atoms with Gasteiger partial charge in [0.25, 0.3) is 0 Å². The van der Waals surface area contributed by atoms with E-state index in [0.717, 1.165) is 27.8 Å². The summed E-state index contributed by atoms with van der Waals surface area (Å²) in [5.74, 6) is 0.518. The third kappa shape index (κ3) is 2.38. The van der Waals surface area contributed by atoms with Crippen molar-refractivity contribution in [2.75, 3.05) is 5.32 Å². The van der Waals surface area contributed by atoms with Gasteiger partial charge in [-0.2, -0.15) is 10.1 Å². The summed E-state index contributed by atoms with van der Waals surface area (Å²) < 4.78 is 1.73. The van der Waals surface area contributed by atoms with Crippen LogP contribution in [0.25, 0.3) is 27.8 Å². The number of rotatable bonds is 3. The summed E-state index contributed by atoms with van der Waals surface area (Å²) in [5, 5.41) is 15.8. The Morgan fingerprint density at radius 2 is 1.96 bits per heavy atom. The van der Waals surface area contributed by atoms with Crippen molar-refractivity contribution in [1.82, 2.24) is 29.8 Å². The van der Waals surface area contributed by atoms with Crippen molar-refractivity contribution in [3.05, 3.63) is 67.1 Å². The van der Waals surface area contributed by atoms with Crippen molar-refractivity contribution < 1.29 is 0 Å². The Hall–Kier alpha value is -3.74. The molecular formula is C18H13N7. The maximum atomic E-state index is 4.60. The SMILES string of the molecule is c1ccc(-c2nccn3nc(Nc4ccc5cn[nH]c5c4)nc23)cc1. The van der Waals surface area contributed by atoms with Crippen LogP contribution < -0.4 is 5.32 Å². The molecule has 3 heterocycles. The Morgan fingerprint density at radius 3 is 2.88 bits per heavy atom. The van der Waals surface area contributed by atoms with Crippen molar-refractivity contribution in [1.29, 1.82) is 0 Å². The molecule has 0 radical (unpaired) electrons. The first-order valence-electron chi connectivity index (χ1n) is 7.84. The molecule has 7 nitrogen and oxygen atoms in total. The summed E-state index contributed by atoms with van der Waals surface area (Å²) in [6, 6.07) is 15.9. The fourth-order valence-electron chi connectivity index (χ4n) is 2.81. The van der Waals surface area contributed by atoms with E-state index in [-0.39, 0.29) is 0 Å². The molecule has 0 atom stereocenters. The average molecular weight is 327 g/mol. The van der Waals surface area contributed by atoms with Crippen molar-refractivity contribution in [2.45, 2.75) is 0 Å². The number of benzene rings is 2. The largest absolute Gasteiger partial charge is 0.323 e. The van der Waals surface area contributed by atoms with E-state index in [1.165, 1.54) is 0 Å². The standard InChI is InChI=1S/C18H13N7/c1-2-4-12(5-3-1)16-17-22-18(24-25(17)9-8-19-16)21-14-7-6-13-11-20-23-15(13)10-14/h1-11H,(H,20,23)(H,21,24). The third-order valence-electron chi connectivity index (χ3n) is 4.00. The molecule has 0 aliphatic rings. The summed E-state index contributed by atoms with van der Waals surface area (Å²) in [5.41, 5.74) is 4.36. The van der Waals surface area contributed by atoms with E-state index in [1.807, 2.05) is 48.5 Å². The summed E-state index contributed by atoms with van der Waals surface area (Å²) in [4.78, 5) is 9.07. The predicted octanol–water partition coefficient (Wildman–Crippen LogP) is 3.41. The lowest BCUT2D eigenvalue weighted by Crippen LogP contribution is -1.93. The van der Waals surface area contributed by atoms with Crippen molar-refractivity contribution in [2.24, 2.45) is 0 Å². The lowest BCUT2D eigenvalue weighted by Gasteiger charge is -2.01. The van der Waals surface area contributed by atoms with Gasteiger partial charge in [0.15, 0.2) is 5.65 Å². The van der Waals surface area contributed by atoms with E-state index in [0.29, 0.717) is 11.6 Å². The highest BCUT2D eigenvalue weighted by atomic mass is 15.4. The van der Waals surface area contributed by atoms with Crippen molar-refractivity contribution in [3.8, 4) is 11.3 Å². The molecule has 0 saturated heterocycles. The zero-order chi connectivity index (χ0) is 16.6. The van der Waals surface area contributed by atoms with E-state index in [4.69, 9.17) is 0 Å². The second-order valence-electron chi connectivity index (χ2n) is 5.64. The molecule has 0 unspecified atom stereocenters. The molecule has 2 aromatic carbocycles. The highest BCUT2D eigenvalue weighted by Gasteiger charge is 2.11. The quantitative estimate of drug-likeness (QED) is 0.530. The molecule has 25 heavy (non-hydrogen) atoms. The topological polar surface area (TPSA) is 83.8 Å². The van der Waals surface area contributed by atoms with Crippen molar-refractivity contribution in [3.63, 3.8) is 0 Å². The van der Waals surface area contributed by atoms with E-state index in [1.54, 1.807) is 23.1 Å². The fourth-order valence-corrected chi connectivity index (χ4v) is 2.81. The first kappa shape index (κ1) is 13.7. The van der Waals surface area contributed by atoms with Crippen LogP contribution in [-0.2, 0) is 0 Å². The average Bonchev–Trinajstić information content (AvgIpc) is 3.27. The van der Waals surface area contributed by atoms with Crippen LogP contribution in [0.2, 0.25) is 0 Å². The van der Waals surface area contributed by atoms with Crippen LogP contribution in [-0.4, -0.2) is 29.8 Å². The number of H-pyrrole nitrogens is 1. The van der Waals surface area contributed by atoms with Gasteiger partial charge in [-0.25, -0.2) is 4.52 Å². The molecular weight excluding hydrogens is 314 g/mol. The Kier molecular flexibility index (Phi) is 2.96. The first-order chi connectivity index (χ1) is 12.4. The Balaban J connectivity index is 1.56. The number of hydrogen-bond donors (Lipinski definition) is 2. The zero-order valence-corrected chi connectivity index (χ0v) is 13.1. The summed E-state index contributed by atoms with van der Waals surface area (Å²) in [6.07, 6.45) is 5.31. The minimum atomic E-state index is 0.518. The van der Waals surface area contributed by atoms with Crippen LogP contribution >= 0.6 is 0 Å². The second-order valence-corrected chi connectivity index (χ2v) is 5.64. The van der Waals surface area contributed by atoms with E-state index in [9.17, 15) is 0 Å². The number of aromatic amines is 1. The Labute approximate surface area is 142 Å². The van der Waals surface area contributed by atoms with Crippen LogP contribution in [0.5, 0.6) is 0 Å². The van der Waals surface area contributed by atoms with Crippen LogP contribution in [0, 0.1) is 0 Å². The van der Waals surface area contributed by atoms with Crippen molar-refractivity contribution >= 4 is 28.2 Å². The monoisotopic (exact) mass is 327 g/mol. The molecule has 0 aliphatic heterocycles. The van der Waals surface area contributed by atoms with Gasteiger partial charge >= 0.3 is 0 Å². The minimum absolute atomic E-state index is 0.518. The first-order valence-corrected chi connectivity index (χ1v) is 7.84. The molecule has 5 rings (SSSR count). The maximum Gasteiger partial charge on any atom is 0.247 e. The summed E-state index contributed by atoms with van der Waals surface area (Å²) in [7, 11) is 0. The number of hydrogen-bond acceptors (Lipinski definition) is 5. The third-order valence-corrected chi connectivity index (χ3v) is 4.00. The predicted molar refractivity (Wildman–Crippen MR) is 95.6 cm³/mol. The van der Waals surface area contributed by atoms with Gasteiger partial charge in [0, 0.05) is 29.0 Å². The van der Waals surface area contributed by atoms with Gasteiger partial charge in [-0.05, 0) is 18.2 Å². The van der Waals surface area contributed by atoms with Crippen LogP contribution in [0.3, 0.4) is 0 Å². The maximum absolute atomic E-state index is 4.60. The molecule has 5 aromatic rings. The number of anilines is 2. The molecule has 0 saturated carbocycles. The molecule has 2 N–H and O–H groups in total. The summed E-state index contributed by atoms with van der Waals surface area (Å²) in [6.45, 7) is 0. The minimum Gasteiger partial charge on any atom is -0.323 e. The van der Waals surface area contributed by atoms with Crippen LogP contribution in [0.15, 0.2) is 67.1 Å². The molecule has 7 heteroatoms. The normalized spacial score (nSPS) is 11.2. The van der Waals surface area contributed by atoms with Gasteiger partial charge in [-0.3, -0.25) is 10.1 Å². The van der Waals surface area contributed by atoms with E-state index in [2.05, 4.69) is 30.6 Å². The fraction of sp³-hybridized carbons (Fsp3) is 0. The van der Waals surface area contributed by atoms with Gasteiger partial charge < -0.3 is 5.32 Å². The molecule has 0 spiro atoms. The highest BCUT2D eigenvalue weighted by Crippen LogP contribution is 2.23. The van der Waals surface area contributed by atoms with Gasteiger partial charge in [-0.1, -0.05) is 30.3 Å². The van der Waals surface area contributed by atoms with Crippen LogP contribution in [0.1, 0.15) is 0 Å². The number of nitrogens with one attached hydrogen (secondary N) is 2. The zero-order valence-electron chi connectivity index (χ0n) is 13.1. The molecule has 0 bridgehead atoms. The number of nitrogens with zero attached hydrogens (tertiary/aromatic N) is 5. The van der Waals surface area contributed by atoms with E-state index >= 15 is 0 Å². The van der Waals surface area contributed by atoms with Crippen LogP contribution in [0.4, 0.5) is 11.6 Å². The molecule has 0 amide bonds. The molecule has 0 aliphatic carbocycles.